The van der Waals surface area contributed by atoms with Crippen LogP contribution in [0.3, 0.4) is 0 Å². The van der Waals surface area contributed by atoms with Crippen LogP contribution in [0, 0.1) is 0 Å². The van der Waals surface area contributed by atoms with E-state index in [-0.39, 0.29) is 11.3 Å². The Morgan fingerprint density at radius 2 is 2.06 bits per heavy atom. The predicted molar refractivity (Wildman–Crippen MR) is 60.2 cm³/mol. The van der Waals surface area contributed by atoms with E-state index in [9.17, 15) is 14.7 Å². The van der Waals surface area contributed by atoms with E-state index < -0.39 is 23.7 Å². The third kappa shape index (κ3) is 2.94. The zero-order chi connectivity index (χ0) is 13.0. The van der Waals surface area contributed by atoms with Crippen LogP contribution < -0.4 is 5.32 Å². The van der Waals surface area contributed by atoms with Gasteiger partial charge in [-0.1, -0.05) is 6.07 Å². The van der Waals surface area contributed by atoms with Crippen molar-refractivity contribution in [3.8, 4) is 5.75 Å². The molecule has 1 rings (SSSR count). The summed E-state index contributed by atoms with van der Waals surface area (Å²) in [5.41, 5.74) is -0.230. The highest BCUT2D eigenvalue weighted by Crippen LogP contribution is 2.27. The molecule has 0 saturated heterocycles. The molecular formula is C11H13NO5. The van der Waals surface area contributed by atoms with Crippen LogP contribution in [0.4, 0.5) is 5.69 Å². The Hall–Kier alpha value is -2.08. The molecule has 0 aromatic heterocycles. The Labute approximate surface area is 97.8 Å². The maximum Gasteiger partial charge on any atom is 0.339 e. The summed E-state index contributed by atoms with van der Waals surface area (Å²) in [5.74, 6) is -2.21. The summed E-state index contributed by atoms with van der Waals surface area (Å²) in [4.78, 5) is 22.2. The lowest BCUT2D eigenvalue weighted by Gasteiger charge is -2.12. The van der Waals surface area contributed by atoms with E-state index in [4.69, 9.17) is 9.84 Å². The van der Waals surface area contributed by atoms with E-state index >= 15 is 0 Å². The number of carboxylic acid groups (broad SMARTS) is 1. The van der Waals surface area contributed by atoms with E-state index in [1.807, 2.05) is 0 Å². The Morgan fingerprint density at radius 1 is 1.41 bits per heavy atom. The minimum Gasteiger partial charge on any atom is -0.505 e. The van der Waals surface area contributed by atoms with Crippen LogP contribution in [0.1, 0.15) is 17.3 Å². The quantitative estimate of drug-likeness (QED) is 0.683. The lowest BCUT2D eigenvalue weighted by atomic mass is 10.1. The number of phenols is 1. The third-order valence-electron chi connectivity index (χ3n) is 2.25. The topological polar surface area (TPSA) is 95.9 Å². The minimum absolute atomic E-state index is 0.0406. The smallest absolute Gasteiger partial charge is 0.339 e. The first-order chi connectivity index (χ1) is 7.97. The number of carbonyl (C=O) groups excluding carboxylic acids is 1. The van der Waals surface area contributed by atoms with Gasteiger partial charge in [0.15, 0.2) is 5.75 Å². The molecule has 92 valence electrons. The van der Waals surface area contributed by atoms with E-state index in [0.717, 1.165) is 0 Å². The lowest BCUT2D eigenvalue weighted by Crippen LogP contribution is -2.26. The van der Waals surface area contributed by atoms with Gasteiger partial charge >= 0.3 is 5.97 Å². The van der Waals surface area contributed by atoms with Crippen LogP contribution in [0.15, 0.2) is 18.2 Å². The maximum absolute atomic E-state index is 11.5. The maximum atomic E-state index is 11.5. The van der Waals surface area contributed by atoms with Crippen LogP contribution >= 0.6 is 0 Å². The normalized spacial score (nSPS) is 11.9. The number of aromatic hydroxyl groups is 1. The first-order valence-corrected chi connectivity index (χ1v) is 4.86. The highest BCUT2D eigenvalue weighted by atomic mass is 16.5. The fourth-order valence-electron chi connectivity index (χ4n) is 1.16. The van der Waals surface area contributed by atoms with Crippen molar-refractivity contribution in [2.45, 2.75) is 13.0 Å². The summed E-state index contributed by atoms with van der Waals surface area (Å²) in [5, 5.41) is 20.8. The molecule has 3 N–H and O–H groups in total. The highest BCUT2D eigenvalue weighted by molar-refractivity contribution is 5.99. The second-order valence-corrected chi connectivity index (χ2v) is 3.37. The monoisotopic (exact) mass is 239 g/mol. The van der Waals surface area contributed by atoms with Gasteiger partial charge in [-0.15, -0.1) is 0 Å². The van der Waals surface area contributed by atoms with Gasteiger partial charge in [0.25, 0.3) is 5.91 Å². The Morgan fingerprint density at radius 3 is 2.59 bits per heavy atom. The number of carbonyl (C=O) groups is 2. The largest absolute Gasteiger partial charge is 0.505 e. The number of hydrogen-bond acceptors (Lipinski definition) is 4. The van der Waals surface area contributed by atoms with Gasteiger partial charge < -0.3 is 20.3 Å². The van der Waals surface area contributed by atoms with Crippen molar-refractivity contribution >= 4 is 17.6 Å². The molecule has 6 nitrogen and oxygen atoms in total. The molecule has 0 fully saturated rings. The van der Waals surface area contributed by atoms with Crippen molar-refractivity contribution in [1.82, 2.24) is 0 Å². The molecule has 1 aromatic rings. The number of benzene rings is 1. The second kappa shape index (κ2) is 5.31. The van der Waals surface area contributed by atoms with Crippen molar-refractivity contribution in [3.63, 3.8) is 0 Å². The van der Waals surface area contributed by atoms with E-state index in [1.165, 1.54) is 32.2 Å². The van der Waals surface area contributed by atoms with Gasteiger partial charge in [-0.2, -0.15) is 0 Å². The zero-order valence-electron chi connectivity index (χ0n) is 9.43. The van der Waals surface area contributed by atoms with Gasteiger partial charge in [-0.05, 0) is 19.1 Å². The first-order valence-electron chi connectivity index (χ1n) is 4.86. The molecular weight excluding hydrogens is 226 g/mol. The molecule has 0 radical (unpaired) electrons. The molecule has 0 aliphatic rings. The van der Waals surface area contributed by atoms with Crippen molar-refractivity contribution in [1.29, 1.82) is 0 Å². The summed E-state index contributed by atoms with van der Waals surface area (Å²) >= 11 is 0. The van der Waals surface area contributed by atoms with Crippen LogP contribution in [-0.2, 0) is 9.53 Å². The van der Waals surface area contributed by atoms with Crippen LogP contribution in [0.25, 0.3) is 0 Å². The number of hydrogen-bond donors (Lipinski definition) is 3. The molecule has 0 aliphatic carbocycles. The Bertz CT molecular complexity index is 443. The van der Waals surface area contributed by atoms with Gasteiger partial charge in [0.05, 0.1) is 5.69 Å². The Kier molecular flexibility index (Phi) is 4.06. The average molecular weight is 239 g/mol. The number of anilines is 1. The third-order valence-corrected chi connectivity index (χ3v) is 2.25. The van der Waals surface area contributed by atoms with Gasteiger partial charge in [0.2, 0.25) is 0 Å². The number of rotatable bonds is 4. The molecule has 0 heterocycles. The van der Waals surface area contributed by atoms with Crippen molar-refractivity contribution < 1.29 is 24.5 Å². The van der Waals surface area contributed by atoms with Crippen molar-refractivity contribution in [2.75, 3.05) is 12.4 Å². The number of carboxylic acids is 1. The number of amides is 1. The van der Waals surface area contributed by atoms with Crippen LogP contribution in [-0.4, -0.2) is 35.3 Å². The van der Waals surface area contributed by atoms with Gasteiger partial charge in [0, 0.05) is 7.11 Å². The second-order valence-electron chi connectivity index (χ2n) is 3.37. The molecule has 17 heavy (non-hydrogen) atoms. The van der Waals surface area contributed by atoms with Crippen molar-refractivity contribution in [2.24, 2.45) is 0 Å². The number of nitrogens with one attached hydrogen (secondary N) is 1. The summed E-state index contributed by atoms with van der Waals surface area (Å²) in [6, 6.07) is 4.07. The van der Waals surface area contributed by atoms with E-state index in [2.05, 4.69) is 5.32 Å². The number of para-hydroxylation sites is 1. The molecule has 1 amide bonds. The van der Waals surface area contributed by atoms with Gasteiger partial charge in [-0.25, -0.2) is 4.79 Å². The lowest BCUT2D eigenvalue weighted by molar-refractivity contribution is -0.124. The summed E-state index contributed by atoms with van der Waals surface area (Å²) < 4.78 is 4.79. The molecule has 1 atom stereocenters. The fraction of sp³-hybridized carbons (Fsp3) is 0.273. The van der Waals surface area contributed by atoms with Crippen molar-refractivity contribution in [3.05, 3.63) is 23.8 Å². The summed E-state index contributed by atoms with van der Waals surface area (Å²) in [6.45, 7) is 1.54. The average Bonchev–Trinajstić information content (AvgIpc) is 2.30. The molecule has 6 heteroatoms. The standard InChI is InChI=1S/C11H13NO5/c1-6(17-2)10(14)12-8-5-3-4-7(9(8)13)11(15)16/h3-6,13H,1-2H3,(H,12,14)(H,15,16). The molecule has 1 aromatic carbocycles. The van der Waals surface area contributed by atoms with E-state index in [1.54, 1.807) is 0 Å². The first kappa shape index (κ1) is 13.0. The molecule has 0 saturated carbocycles. The van der Waals surface area contributed by atoms with Gasteiger partial charge in [0.1, 0.15) is 11.7 Å². The highest BCUT2D eigenvalue weighted by Gasteiger charge is 2.17. The summed E-state index contributed by atoms with van der Waals surface area (Å²) in [6.07, 6.45) is -0.692. The Balaban J connectivity index is 2.96. The zero-order valence-corrected chi connectivity index (χ0v) is 9.43. The minimum atomic E-state index is -1.27. The predicted octanol–water partition coefficient (Wildman–Crippen LogP) is 1.06. The molecule has 0 bridgehead atoms. The van der Waals surface area contributed by atoms with Gasteiger partial charge in [-0.3, -0.25) is 4.79 Å². The number of methoxy groups -OCH3 is 1. The summed E-state index contributed by atoms with van der Waals surface area (Å²) in [7, 11) is 1.37. The van der Waals surface area contributed by atoms with Crippen LogP contribution in [0.5, 0.6) is 5.75 Å². The molecule has 0 aliphatic heterocycles. The van der Waals surface area contributed by atoms with E-state index in [0.29, 0.717) is 0 Å². The van der Waals surface area contributed by atoms with Crippen LogP contribution in [0.2, 0.25) is 0 Å². The SMILES string of the molecule is COC(C)C(=O)Nc1cccc(C(=O)O)c1O. The number of ether oxygens (including phenoxy) is 1. The fourth-order valence-corrected chi connectivity index (χ4v) is 1.16. The molecule has 0 spiro atoms. The molecule has 1 unspecified atom stereocenters. The number of aromatic carboxylic acids is 1.